The molecule has 0 aliphatic heterocycles. The molecular weight excluding hydrogens is 148 g/mol. The van der Waals surface area contributed by atoms with Crippen LogP contribution in [-0.4, -0.2) is 11.1 Å². The first-order valence-electron chi connectivity index (χ1n) is 4.85. The fourth-order valence-electron chi connectivity index (χ4n) is 1.12. The molecule has 1 atom stereocenters. The van der Waals surface area contributed by atoms with Gasteiger partial charge < -0.3 is 11.5 Å². The van der Waals surface area contributed by atoms with E-state index in [1.807, 2.05) is 0 Å². The van der Waals surface area contributed by atoms with Crippen molar-refractivity contribution in [3.8, 4) is 0 Å². The summed E-state index contributed by atoms with van der Waals surface area (Å²) in [5.41, 5.74) is 11.8. The van der Waals surface area contributed by atoms with Crippen molar-refractivity contribution in [3.63, 3.8) is 0 Å². The van der Waals surface area contributed by atoms with Gasteiger partial charge in [0.2, 0.25) is 0 Å². The molecule has 4 N–H and O–H groups in total. The molecule has 0 aliphatic rings. The van der Waals surface area contributed by atoms with Crippen LogP contribution in [0.5, 0.6) is 0 Å². The molecule has 0 aliphatic carbocycles. The highest BCUT2D eigenvalue weighted by Crippen LogP contribution is 2.17. The van der Waals surface area contributed by atoms with Gasteiger partial charge in [0.1, 0.15) is 0 Å². The highest BCUT2D eigenvalue weighted by Gasteiger charge is 2.17. The van der Waals surface area contributed by atoms with E-state index >= 15 is 0 Å². The Labute approximate surface area is 76.7 Å². The van der Waals surface area contributed by atoms with Crippen molar-refractivity contribution in [1.29, 1.82) is 0 Å². The van der Waals surface area contributed by atoms with E-state index in [4.69, 9.17) is 11.5 Å². The monoisotopic (exact) mass is 172 g/mol. The van der Waals surface area contributed by atoms with E-state index < -0.39 is 0 Å². The minimum absolute atomic E-state index is 0.00521. The second-order valence-electron chi connectivity index (χ2n) is 4.85. The molecule has 0 saturated heterocycles. The molecule has 0 aromatic rings. The normalized spacial score (nSPS) is 17.5. The molecular formula is C10H24N2. The molecule has 0 fully saturated rings. The van der Waals surface area contributed by atoms with Gasteiger partial charge in [0.15, 0.2) is 0 Å². The molecule has 0 amide bonds. The molecule has 0 saturated carbocycles. The molecule has 0 aromatic heterocycles. The van der Waals surface area contributed by atoms with E-state index in [9.17, 15) is 0 Å². The van der Waals surface area contributed by atoms with E-state index in [0.717, 1.165) is 25.7 Å². The lowest BCUT2D eigenvalue weighted by Gasteiger charge is -2.25. The van der Waals surface area contributed by atoms with E-state index in [2.05, 4.69) is 27.7 Å². The van der Waals surface area contributed by atoms with Crippen LogP contribution >= 0.6 is 0 Å². The Kier molecular flexibility index (Phi) is 4.21. The standard InChI is InChI=1S/C10H24N2/c1-5-10(4,12)8-6-7-9(2,3)11/h5-8,11-12H2,1-4H3. The van der Waals surface area contributed by atoms with Crippen LogP contribution in [0, 0.1) is 0 Å². The third-order valence-electron chi connectivity index (χ3n) is 2.38. The molecule has 2 heteroatoms. The largest absolute Gasteiger partial charge is 0.326 e. The summed E-state index contributed by atoms with van der Waals surface area (Å²) >= 11 is 0. The van der Waals surface area contributed by atoms with Gasteiger partial charge in [0.25, 0.3) is 0 Å². The maximum Gasteiger partial charge on any atom is 0.0123 e. The van der Waals surface area contributed by atoms with Crippen molar-refractivity contribution < 1.29 is 0 Å². The Hall–Kier alpha value is -0.0800. The molecule has 0 radical (unpaired) electrons. The average Bonchev–Trinajstić information content (AvgIpc) is 1.84. The Morgan fingerprint density at radius 2 is 1.50 bits per heavy atom. The topological polar surface area (TPSA) is 52.0 Å². The smallest absolute Gasteiger partial charge is 0.0123 e. The van der Waals surface area contributed by atoms with Crippen LogP contribution < -0.4 is 11.5 Å². The summed E-state index contributed by atoms with van der Waals surface area (Å²) in [6, 6.07) is 0. The van der Waals surface area contributed by atoms with Crippen LogP contribution in [0.2, 0.25) is 0 Å². The first-order valence-corrected chi connectivity index (χ1v) is 4.85. The quantitative estimate of drug-likeness (QED) is 0.666. The summed E-state index contributed by atoms with van der Waals surface area (Å²) in [6.45, 7) is 8.36. The minimum Gasteiger partial charge on any atom is -0.326 e. The van der Waals surface area contributed by atoms with Crippen LogP contribution in [-0.2, 0) is 0 Å². The molecule has 0 spiro atoms. The summed E-state index contributed by atoms with van der Waals surface area (Å²) in [5, 5.41) is 0. The van der Waals surface area contributed by atoms with Crippen molar-refractivity contribution in [3.05, 3.63) is 0 Å². The van der Waals surface area contributed by atoms with Gasteiger partial charge in [-0.15, -0.1) is 0 Å². The second kappa shape index (κ2) is 4.24. The van der Waals surface area contributed by atoms with Crippen molar-refractivity contribution >= 4 is 0 Å². The minimum atomic E-state index is -0.0379. The Morgan fingerprint density at radius 3 is 1.83 bits per heavy atom. The van der Waals surface area contributed by atoms with E-state index in [1.165, 1.54) is 0 Å². The van der Waals surface area contributed by atoms with Gasteiger partial charge in [-0.25, -0.2) is 0 Å². The number of hydrogen-bond donors (Lipinski definition) is 2. The van der Waals surface area contributed by atoms with Gasteiger partial charge in [0.05, 0.1) is 0 Å². The first-order chi connectivity index (χ1) is 5.27. The summed E-state index contributed by atoms with van der Waals surface area (Å²) in [5.74, 6) is 0. The third kappa shape index (κ3) is 6.62. The predicted octanol–water partition coefficient (Wildman–Crippen LogP) is 2.02. The van der Waals surface area contributed by atoms with Crippen LogP contribution in [0.3, 0.4) is 0 Å². The molecule has 0 bridgehead atoms. The van der Waals surface area contributed by atoms with Gasteiger partial charge in [-0.05, 0) is 46.5 Å². The van der Waals surface area contributed by atoms with Crippen molar-refractivity contribution in [2.45, 2.75) is 64.5 Å². The fraction of sp³-hybridized carbons (Fsp3) is 1.00. The Bertz CT molecular complexity index is 122. The summed E-state index contributed by atoms with van der Waals surface area (Å²) in [6.07, 6.45) is 4.30. The van der Waals surface area contributed by atoms with E-state index in [0.29, 0.717) is 0 Å². The average molecular weight is 172 g/mol. The lowest BCUT2D eigenvalue weighted by atomic mass is 9.89. The summed E-state index contributed by atoms with van der Waals surface area (Å²) in [4.78, 5) is 0. The molecule has 74 valence electrons. The van der Waals surface area contributed by atoms with Crippen molar-refractivity contribution in [1.82, 2.24) is 0 Å². The number of nitrogens with two attached hydrogens (primary N) is 2. The van der Waals surface area contributed by atoms with Gasteiger partial charge in [0, 0.05) is 11.1 Å². The van der Waals surface area contributed by atoms with Gasteiger partial charge >= 0.3 is 0 Å². The SMILES string of the molecule is CCC(C)(N)CCCC(C)(C)N. The lowest BCUT2D eigenvalue weighted by Crippen LogP contribution is -2.37. The van der Waals surface area contributed by atoms with Crippen molar-refractivity contribution in [2.24, 2.45) is 11.5 Å². The lowest BCUT2D eigenvalue weighted by molar-refractivity contribution is 0.365. The Balaban J connectivity index is 3.57. The molecule has 1 unspecified atom stereocenters. The molecule has 2 nitrogen and oxygen atoms in total. The molecule has 0 aromatic carbocycles. The van der Waals surface area contributed by atoms with Crippen LogP contribution in [0.25, 0.3) is 0 Å². The Morgan fingerprint density at radius 1 is 1.00 bits per heavy atom. The zero-order chi connectivity index (χ0) is 9.83. The molecule has 0 rings (SSSR count). The predicted molar refractivity (Wildman–Crippen MR) is 55.0 cm³/mol. The molecule has 12 heavy (non-hydrogen) atoms. The summed E-state index contributed by atoms with van der Waals surface area (Å²) in [7, 11) is 0. The van der Waals surface area contributed by atoms with Gasteiger partial charge in [-0.3, -0.25) is 0 Å². The van der Waals surface area contributed by atoms with Gasteiger partial charge in [-0.2, -0.15) is 0 Å². The van der Waals surface area contributed by atoms with Crippen molar-refractivity contribution in [2.75, 3.05) is 0 Å². The zero-order valence-corrected chi connectivity index (χ0v) is 8.98. The highest BCUT2D eigenvalue weighted by molar-refractivity contribution is 4.79. The maximum atomic E-state index is 6.00. The van der Waals surface area contributed by atoms with Crippen LogP contribution in [0.4, 0.5) is 0 Å². The first kappa shape index (κ1) is 11.9. The highest BCUT2D eigenvalue weighted by atomic mass is 14.7. The van der Waals surface area contributed by atoms with E-state index in [1.54, 1.807) is 0 Å². The zero-order valence-electron chi connectivity index (χ0n) is 8.98. The third-order valence-corrected chi connectivity index (χ3v) is 2.38. The number of hydrogen-bond acceptors (Lipinski definition) is 2. The maximum absolute atomic E-state index is 6.00. The van der Waals surface area contributed by atoms with Crippen LogP contribution in [0.15, 0.2) is 0 Å². The number of rotatable bonds is 5. The second-order valence-corrected chi connectivity index (χ2v) is 4.85. The van der Waals surface area contributed by atoms with Crippen LogP contribution in [0.1, 0.15) is 53.4 Å². The van der Waals surface area contributed by atoms with Gasteiger partial charge in [-0.1, -0.05) is 6.92 Å². The fourth-order valence-corrected chi connectivity index (χ4v) is 1.12. The summed E-state index contributed by atoms with van der Waals surface area (Å²) < 4.78 is 0. The molecule has 0 heterocycles. The van der Waals surface area contributed by atoms with E-state index in [-0.39, 0.29) is 11.1 Å².